The van der Waals surface area contributed by atoms with Crippen molar-refractivity contribution in [2.24, 2.45) is 0 Å². The first kappa shape index (κ1) is 26.1. The van der Waals surface area contributed by atoms with E-state index in [1.165, 1.54) is 22.1 Å². The van der Waals surface area contributed by atoms with Crippen molar-refractivity contribution >= 4 is 39.4 Å². The van der Waals surface area contributed by atoms with Crippen LogP contribution in [0.2, 0.25) is 0 Å². The van der Waals surface area contributed by atoms with Crippen LogP contribution in [0.4, 0.5) is 5.69 Å². The number of pyridine rings is 1. The van der Waals surface area contributed by atoms with Crippen LogP contribution in [-0.2, 0) is 10.4 Å². The molecular formula is C32H28N4O5. The molecular weight excluding hydrogens is 520 g/mol. The third kappa shape index (κ3) is 4.18. The molecule has 6 aromatic rings. The quantitative estimate of drug-likeness (QED) is 0.257. The van der Waals surface area contributed by atoms with E-state index in [4.69, 9.17) is 4.74 Å². The Morgan fingerprint density at radius 2 is 1.80 bits per heavy atom. The molecule has 0 bridgehead atoms. The molecule has 9 nitrogen and oxygen atoms in total. The molecule has 6 rings (SSSR count). The van der Waals surface area contributed by atoms with Crippen LogP contribution < -0.4 is 21.3 Å². The number of methoxy groups -OCH3 is 1. The molecule has 0 saturated carbocycles. The molecule has 0 aliphatic rings. The lowest BCUT2D eigenvalue weighted by molar-refractivity contribution is -0.105. The van der Waals surface area contributed by atoms with E-state index >= 15 is 0 Å². The number of rotatable bonds is 6. The SMILES string of the molecule is COc1ccn2c(=O)n(-c3cccc(-c4ccc(NC=O)c5[nH]c6cc(C(C)(C)O)ccc6c45)c3C)c(=O)cc2c1. The van der Waals surface area contributed by atoms with E-state index in [2.05, 4.69) is 10.3 Å². The topological polar surface area (TPSA) is 118 Å². The van der Waals surface area contributed by atoms with Crippen LogP contribution in [0.5, 0.6) is 5.75 Å². The maximum atomic E-state index is 13.5. The van der Waals surface area contributed by atoms with Gasteiger partial charge in [-0.2, -0.15) is 0 Å². The van der Waals surface area contributed by atoms with Gasteiger partial charge in [-0.1, -0.05) is 30.3 Å². The van der Waals surface area contributed by atoms with Crippen molar-refractivity contribution in [1.29, 1.82) is 0 Å². The number of anilines is 1. The first-order chi connectivity index (χ1) is 19.6. The molecule has 9 heteroatoms. The molecule has 3 aromatic heterocycles. The minimum Gasteiger partial charge on any atom is -0.497 e. The van der Waals surface area contributed by atoms with Gasteiger partial charge in [-0.3, -0.25) is 14.0 Å². The van der Waals surface area contributed by atoms with E-state index < -0.39 is 16.9 Å². The second kappa shape index (κ2) is 9.50. The number of fused-ring (bicyclic) bond motifs is 4. The van der Waals surface area contributed by atoms with Gasteiger partial charge in [0.15, 0.2) is 0 Å². The van der Waals surface area contributed by atoms with Crippen LogP contribution in [-0.4, -0.2) is 32.6 Å². The number of hydrogen-bond donors (Lipinski definition) is 3. The number of aromatic amines is 1. The number of hydrogen-bond acceptors (Lipinski definition) is 5. The molecule has 3 heterocycles. The van der Waals surface area contributed by atoms with Crippen molar-refractivity contribution in [3.63, 3.8) is 0 Å². The Hall–Kier alpha value is -5.15. The van der Waals surface area contributed by atoms with Gasteiger partial charge in [-0.05, 0) is 67.3 Å². The van der Waals surface area contributed by atoms with Gasteiger partial charge in [0.05, 0.1) is 35.1 Å². The largest absolute Gasteiger partial charge is 0.497 e. The Morgan fingerprint density at radius 3 is 2.54 bits per heavy atom. The number of nitrogens with zero attached hydrogens (tertiary/aromatic N) is 2. The summed E-state index contributed by atoms with van der Waals surface area (Å²) in [5.74, 6) is 0.546. The van der Waals surface area contributed by atoms with Crippen LogP contribution in [0.15, 0.2) is 82.5 Å². The van der Waals surface area contributed by atoms with Crippen LogP contribution >= 0.6 is 0 Å². The first-order valence-electron chi connectivity index (χ1n) is 13.1. The molecule has 0 aliphatic carbocycles. The number of ether oxygens (including phenoxy) is 1. The average Bonchev–Trinajstić information content (AvgIpc) is 3.33. The normalized spacial score (nSPS) is 11.8. The number of benzene rings is 3. The zero-order chi connectivity index (χ0) is 29.1. The van der Waals surface area contributed by atoms with Crippen LogP contribution in [0.3, 0.4) is 0 Å². The Labute approximate surface area is 234 Å². The van der Waals surface area contributed by atoms with E-state index in [-0.39, 0.29) is 0 Å². The van der Waals surface area contributed by atoms with Crippen molar-refractivity contribution in [2.45, 2.75) is 26.4 Å². The Kier molecular flexibility index (Phi) is 6.04. The fourth-order valence-electron chi connectivity index (χ4n) is 5.48. The molecule has 0 unspecified atom stereocenters. The minimum absolute atomic E-state index is 0.439. The summed E-state index contributed by atoms with van der Waals surface area (Å²) in [6.45, 7) is 5.33. The highest BCUT2D eigenvalue weighted by Gasteiger charge is 2.21. The number of carbonyl (C=O) groups excluding carboxylic acids is 1. The molecule has 0 aliphatic heterocycles. The van der Waals surface area contributed by atoms with Gasteiger partial charge in [0.25, 0.3) is 5.56 Å². The number of nitrogens with one attached hydrogen (secondary N) is 2. The van der Waals surface area contributed by atoms with Crippen LogP contribution in [0.1, 0.15) is 25.0 Å². The monoisotopic (exact) mass is 548 g/mol. The second-order valence-electron chi connectivity index (χ2n) is 10.5. The number of aromatic nitrogens is 3. The molecule has 0 saturated heterocycles. The van der Waals surface area contributed by atoms with E-state index in [0.29, 0.717) is 29.1 Å². The maximum absolute atomic E-state index is 13.5. The van der Waals surface area contributed by atoms with Gasteiger partial charge >= 0.3 is 5.69 Å². The van der Waals surface area contributed by atoms with E-state index in [9.17, 15) is 19.5 Å². The Morgan fingerprint density at radius 1 is 1.00 bits per heavy atom. The summed E-state index contributed by atoms with van der Waals surface area (Å²) in [7, 11) is 1.53. The summed E-state index contributed by atoms with van der Waals surface area (Å²) in [4.78, 5) is 41.6. The third-order valence-corrected chi connectivity index (χ3v) is 7.59. The average molecular weight is 549 g/mol. The fourth-order valence-corrected chi connectivity index (χ4v) is 5.48. The van der Waals surface area contributed by atoms with Gasteiger partial charge in [-0.25, -0.2) is 9.36 Å². The van der Waals surface area contributed by atoms with Gasteiger partial charge in [-0.15, -0.1) is 0 Å². The number of aliphatic hydroxyl groups is 1. The molecule has 3 N–H and O–H groups in total. The van der Waals surface area contributed by atoms with E-state index in [1.807, 2.05) is 49.4 Å². The van der Waals surface area contributed by atoms with Crippen molar-refractivity contribution in [2.75, 3.05) is 12.4 Å². The predicted molar refractivity (Wildman–Crippen MR) is 160 cm³/mol. The molecule has 3 aromatic carbocycles. The van der Waals surface area contributed by atoms with Crippen LogP contribution in [0.25, 0.3) is 44.1 Å². The van der Waals surface area contributed by atoms with Gasteiger partial charge < -0.3 is 20.1 Å². The highest BCUT2D eigenvalue weighted by atomic mass is 16.5. The highest BCUT2D eigenvalue weighted by molar-refractivity contribution is 6.18. The maximum Gasteiger partial charge on any atom is 0.340 e. The Bertz CT molecular complexity index is 2130. The summed E-state index contributed by atoms with van der Waals surface area (Å²) in [5, 5.41) is 15.1. The minimum atomic E-state index is -1.03. The van der Waals surface area contributed by atoms with Crippen LogP contribution in [0, 0.1) is 6.92 Å². The summed E-state index contributed by atoms with van der Waals surface area (Å²) in [6.07, 6.45) is 2.21. The predicted octanol–water partition coefficient (Wildman–Crippen LogP) is 4.86. The van der Waals surface area contributed by atoms with Gasteiger partial charge in [0, 0.05) is 34.6 Å². The standard InChI is InChI=1S/C32H28N4O5/c1-18-22(6-5-7-27(18)36-28(38)16-20-15-21(41-4)12-13-35(20)31(36)39)23-10-11-25(33-17-37)30-29(23)24-9-8-19(32(2,3)40)14-26(24)34-30/h5-17,34,40H,1-4H3,(H,33,37). The van der Waals surface area contributed by atoms with Crippen molar-refractivity contribution < 1.29 is 14.6 Å². The summed E-state index contributed by atoms with van der Waals surface area (Å²) in [6, 6.07) is 19.7. The van der Waals surface area contributed by atoms with Crippen molar-refractivity contribution in [3.8, 4) is 22.6 Å². The van der Waals surface area contributed by atoms with Gasteiger partial charge in [0.1, 0.15) is 5.75 Å². The Balaban J connectivity index is 1.62. The molecule has 0 spiro atoms. The smallest absolute Gasteiger partial charge is 0.340 e. The molecule has 1 amide bonds. The highest BCUT2D eigenvalue weighted by Crippen LogP contribution is 2.40. The third-order valence-electron chi connectivity index (χ3n) is 7.59. The van der Waals surface area contributed by atoms with Crippen molar-refractivity contribution in [3.05, 3.63) is 105 Å². The van der Waals surface area contributed by atoms with E-state index in [0.717, 1.165) is 44.1 Å². The summed E-state index contributed by atoms with van der Waals surface area (Å²) >= 11 is 0. The van der Waals surface area contributed by atoms with E-state index in [1.54, 1.807) is 38.2 Å². The zero-order valence-electron chi connectivity index (χ0n) is 23.0. The summed E-state index contributed by atoms with van der Waals surface area (Å²) < 4.78 is 7.82. The molecule has 0 radical (unpaired) electrons. The lowest BCUT2D eigenvalue weighted by Gasteiger charge is -2.17. The lowest BCUT2D eigenvalue weighted by Crippen LogP contribution is -2.36. The number of amides is 1. The zero-order valence-corrected chi connectivity index (χ0v) is 23.0. The molecule has 0 atom stereocenters. The summed E-state index contributed by atoms with van der Waals surface area (Å²) in [5.41, 5.74) is 4.22. The second-order valence-corrected chi connectivity index (χ2v) is 10.5. The number of H-pyrrole nitrogens is 1. The molecule has 206 valence electrons. The first-order valence-corrected chi connectivity index (χ1v) is 13.1. The molecule has 0 fully saturated rings. The number of carbonyl (C=O) groups is 1. The van der Waals surface area contributed by atoms with Crippen molar-refractivity contribution in [1.82, 2.24) is 14.0 Å². The molecule has 41 heavy (non-hydrogen) atoms. The lowest BCUT2D eigenvalue weighted by atomic mass is 9.93. The van der Waals surface area contributed by atoms with Gasteiger partial charge in [0.2, 0.25) is 6.41 Å². The fraction of sp³-hybridized carbons (Fsp3) is 0.156.